The number of aromatic nitrogens is 2. The second-order valence-electron chi connectivity index (χ2n) is 3.09. The Balaban J connectivity index is 2.80. The summed E-state index contributed by atoms with van der Waals surface area (Å²) in [4.78, 5) is 10.8. The van der Waals surface area contributed by atoms with Crippen molar-refractivity contribution in [3.63, 3.8) is 0 Å². The fourth-order valence-electron chi connectivity index (χ4n) is 1.33. The lowest BCUT2D eigenvalue weighted by atomic mass is 10.4. The SMILES string of the molecule is CCCN(CC)c1cncc(NC)n1. The third-order valence-corrected chi connectivity index (χ3v) is 2.08. The van der Waals surface area contributed by atoms with Crippen LogP contribution in [0.3, 0.4) is 0 Å². The third kappa shape index (κ3) is 2.58. The third-order valence-electron chi connectivity index (χ3n) is 2.08. The number of hydrogen-bond donors (Lipinski definition) is 1. The molecule has 1 N–H and O–H groups in total. The Labute approximate surface area is 85.4 Å². The van der Waals surface area contributed by atoms with Crippen molar-refractivity contribution in [3.05, 3.63) is 12.4 Å². The largest absolute Gasteiger partial charge is 0.372 e. The summed E-state index contributed by atoms with van der Waals surface area (Å²) < 4.78 is 0. The number of rotatable bonds is 5. The minimum absolute atomic E-state index is 0.817. The van der Waals surface area contributed by atoms with Gasteiger partial charge in [0.2, 0.25) is 0 Å². The molecule has 0 aliphatic rings. The highest BCUT2D eigenvalue weighted by Crippen LogP contribution is 2.11. The second kappa shape index (κ2) is 5.42. The van der Waals surface area contributed by atoms with Gasteiger partial charge in [-0.05, 0) is 13.3 Å². The van der Waals surface area contributed by atoms with Crippen LogP contribution in [0.1, 0.15) is 20.3 Å². The summed E-state index contributed by atoms with van der Waals surface area (Å²) in [6.07, 6.45) is 4.66. The molecule has 0 atom stereocenters. The molecule has 0 bridgehead atoms. The Hall–Kier alpha value is -1.32. The molecular weight excluding hydrogens is 176 g/mol. The zero-order chi connectivity index (χ0) is 10.4. The molecule has 0 saturated carbocycles. The van der Waals surface area contributed by atoms with Gasteiger partial charge in [-0.25, -0.2) is 4.98 Å². The van der Waals surface area contributed by atoms with Gasteiger partial charge in [0.1, 0.15) is 11.6 Å². The van der Waals surface area contributed by atoms with Crippen LogP contribution in [-0.2, 0) is 0 Å². The fraction of sp³-hybridized carbons (Fsp3) is 0.600. The number of hydrogen-bond acceptors (Lipinski definition) is 4. The van der Waals surface area contributed by atoms with Gasteiger partial charge in [0.25, 0.3) is 0 Å². The van der Waals surface area contributed by atoms with E-state index in [1.165, 1.54) is 0 Å². The van der Waals surface area contributed by atoms with E-state index >= 15 is 0 Å². The molecule has 1 aromatic rings. The van der Waals surface area contributed by atoms with Crippen LogP contribution in [0, 0.1) is 0 Å². The van der Waals surface area contributed by atoms with Crippen LogP contribution in [0.4, 0.5) is 11.6 Å². The lowest BCUT2D eigenvalue weighted by Gasteiger charge is -2.20. The summed E-state index contributed by atoms with van der Waals surface area (Å²) in [5, 5.41) is 2.99. The van der Waals surface area contributed by atoms with E-state index in [9.17, 15) is 0 Å². The topological polar surface area (TPSA) is 41.1 Å². The van der Waals surface area contributed by atoms with E-state index in [0.29, 0.717) is 0 Å². The van der Waals surface area contributed by atoms with Crippen molar-refractivity contribution in [2.24, 2.45) is 0 Å². The van der Waals surface area contributed by atoms with E-state index in [0.717, 1.165) is 31.1 Å². The molecule has 0 unspecified atom stereocenters. The normalized spacial score (nSPS) is 9.93. The second-order valence-corrected chi connectivity index (χ2v) is 3.09. The predicted octanol–water partition coefficient (Wildman–Crippen LogP) is 1.75. The van der Waals surface area contributed by atoms with E-state index in [1.807, 2.05) is 7.05 Å². The summed E-state index contributed by atoms with van der Waals surface area (Å²) in [6, 6.07) is 0. The lowest BCUT2D eigenvalue weighted by molar-refractivity contribution is 0.776. The van der Waals surface area contributed by atoms with Crippen molar-refractivity contribution in [3.8, 4) is 0 Å². The average Bonchev–Trinajstić information content (AvgIpc) is 2.26. The zero-order valence-corrected chi connectivity index (χ0v) is 9.12. The van der Waals surface area contributed by atoms with Gasteiger partial charge in [-0.3, -0.25) is 4.98 Å². The van der Waals surface area contributed by atoms with Crippen LogP contribution in [-0.4, -0.2) is 30.1 Å². The van der Waals surface area contributed by atoms with Gasteiger partial charge in [-0.15, -0.1) is 0 Å². The van der Waals surface area contributed by atoms with Crippen molar-refractivity contribution in [2.75, 3.05) is 30.4 Å². The Kier molecular flexibility index (Phi) is 4.16. The molecule has 78 valence electrons. The van der Waals surface area contributed by atoms with Crippen LogP contribution in [0.15, 0.2) is 12.4 Å². The quantitative estimate of drug-likeness (QED) is 0.775. The molecule has 1 aromatic heterocycles. The van der Waals surface area contributed by atoms with Gasteiger partial charge in [0.15, 0.2) is 0 Å². The highest BCUT2D eigenvalue weighted by atomic mass is 15.2. The molecule has 4 heteroatoms. The van der Waals surface area contributed by atoms with Crippen molar-refractivity contribution in [1.82, 2.24) is 9.97 Å². The summed E-state index contributed by atoms with van der Waals surface area (Å²) >= 11 is 0. The fourth-order valence-corrected chi connectivity index (χ4v) is 1.33. The zero-order valence-electron chi connectivity index (χ0n) is 9.12. The standard InChI is InChI=1S/C10H18N4/c1-4-6-14(5-2)10-8-12-7-9(11-3)13-10/h7-8H,4-6H2,1-3H3,(H,11,13). The summed E-state index contributed by atoms with van der Waals surface area (Å²) in [6.45, 7) is 6.29. The number of anilines is 2. The number of nitrogens with zero attached hydrogens (tertiary/aromatic N) is 3. The minimum Gasteiger partial charge on any atom is -0.372 e. The van der Waals surface area contributed by atoms with E-state index in [-0.39, 0.29) is 0 Å². The summed E-state index contributed by atoms with van der Waals surface area (Å²) in [5.41, 5.74) is 0. The summed E-state index contributed by atoms with van der Waals surface area (Å²) in [5.74, 6) is 1.76. The van der Waals surface area contributed by atoms with E-state index < -0.39 is 0 Å². The molecule has 4 nitrogen and oxygen atoms in total. The van der Waals surface area contributed by atoms with Gasteiger partial charge < -0.3 is 10.2 Å². The van der Waals surface area contributed by atoms with Crippen LogP contribution in [0.5, 0.6) is 0 Å². The molecule has 0 aliphatic carbocycles. The molecular formula is C10H18N4. The van der Waals surface area contributed by atoms with Crippen LogP contribution in [0.25, 0.3) is 0 Å². The maximum Gasteiger partial charge on any atom is 0.149 e. The Bertz CT molecular complexity index is 275. The van der Waals surface area contributed by atoms with Crippen molar-refractivity contribution in [2.45, 2.75) is 20.3 Å². The van der Waals surface area contributed by atoms with E-state index in [1.54, 1.807) is 12.4 Å². The van der Waals surface area contributed by atoms with Gasteiger partial charge >= 0.3 is 0 Å². The van der Waals surface area contributed by atoms with Gasteiger partial charge in [0, 0.05) is 20.1 Å². The monoisotopic (exact) mass is 194 g/mol. The highest BCUT2D eigenvalue weighted by molar-refractivity contribution is 5.43. The van der Waals surface area contributed by atoms with Gasteiger partial charge in [-0.1, -0.05) is 6.92 Å². The smallest absolute Gasteiger partial charge is 0.149 e. The van der Waals surface area contributed by atoms with Gasteiger partial charge in [0.05, 0.1) is 12.4 Å². The van der Waals surface area contributed by atoms with Crippen molar-refractivity contribution in [1.29, 1.82) is 0 Å². The molecule has 0 spiro atoms. The van der Waals surface area contributed by atoms with Crippen molar-refractivity contribution < 1.29 is 0 Å². The highest BCUT2D eigenvalue weighted by Gasteiger charge is 2.04. The maximum atomic E-state index is 4.43. The maximum absolute atomic E-state index is 4.43. The minimum atomic E-state index is 0.817. The Morgan fingerprint density at radius 3 is 2.71 bits per heavy atom. The van der Waals surface area contributed by atoms with E-state index in [4.69, 9.17) is 0 Å². The molecule has 0 amide bonds. The van der Waals surface area contributed by atoms with Crippen LogP contribution >= 0.6 is 0 Å². The molecule has 14 heavy (non-hydrogen) atoms. The lowest BCUT2D eigenvalue weighted by Crippen LogP contribution is -2.24. The Morgan fingerprint density at radius 2 is 2.14 bits per heavy atom. The number of nitrogens with one attached hydrogen (secondary N) is 1. The predicted molar refractivity (Wildman–Crippen MR) is 59.8 cm³/mol. The van der Waals surface area contributed by atoms with E-state index in [2.05, 4.69) is 34.0 Å². The molecule has 0 fully saturated rings. The molecule has 1 heterocycles. The first-order valence-electron chi connectivity index (χ1n) is 5.06. The van der Waals surface area contributed by atoms with Crippen LogP contribution < -0.4 is 10.2 Å². The first-order chi connectivity index (χ1) is 6.81. The molecule has 0 aliphatic heterocycles. The average molecular weight is 194 g/mol. The molecule has 0 saturated heterocycles. The van der Waals surface area contributed by atoms with Crippen LogP contribution in [0.2, 0.25) is 0 Å². The Morgan fingerprint density at radius 1 is 1.36 bits per heavy atom. The molecule has 0 radical (unpaired) electrons. The van der Waals surface area contributed by atoms with Gasteiger partial charge in [-0.2, -0.15) is 0 Å². The first kappa shape index (κ1) is 10.8. The summed E-state index contributed by atoms with van der Waals surface area (Å²) in [7, 11) is 1.85. The molecule has 1 rings (SSSR count). The molecule has 0 aromatic carbocycles. The first-order valence-corrected chi connectivity index (χ1v) is 5.06. The van der Waals surface area contributed by atoms with Crippen molar-refractivity contribution >= 4 is 11.6 Å².